The lowest BCUT2D eigenvalue weighted by Gasteiger charge is -2.21. The van der Waals surface area contributed by atoms with Gasteiger partial charge in [-0.15, -0.1) is 0 Å². The van der Waals surface area contributed by atoms with E-state index in [1.807, 2.05) is 42.5 Å². The molecule has 2 aromatic rings. The predicted molar refractivity (Wildman–Crippen MR) is 101 cm³/mol. The van der Waals surface area contributed by atoms with Crippen LogP contribution in [0.25, 0.3) is 10.8 Å². The molecular weight excluding hydrogens is 300 g/mol. The molecule has 0 amide bonds. The van der Waals surface area contributed by atoms with Crippen molar-refractivity contribution in [1.82, 2.24) is 0 Å². The van der Waals surface area contributed by atoms with Gasteiger partial charge in [-0.1, -0.05) is 75.3 Å². The van der Waals surface area contributed by atoms with Crippen molar-refractivity contribution in [3.63, 3.8) is 0 Å². The Morgan fingerprint density at radius 3 is 2.43 bits per heavy atom. The summed E-state index contributed by atoms with van der Waals surface area (Å²) in [5, 5.41) is 2.22. The van der Waals surface area contributed by atoms with Gasteiger partial charge < -0.3 is 4.74 Å². The molecule has 0 N–H and O–H groups in total. The van der Waals surface area contributed by atoms with Crippen molar-refractivity contribution in [2.75, 3.05) is 6.61 Å². The maximum atomic E-state index is 12.2. The highest BCUT2D eigenvalue weighted by Crippen LogP contribution is 2.21. The largest absolute Gasteiger partial charge is 0.462 e. The Hall–Kier alpha value is -1.61. The second kappa shape index (κ2) is 8.30. The minimum Gasteiger partial charge on any atom is -0.462 e. The van der Waals surface area contributed by atoms with Crippen LogP contribution in [0, 0.1) is 0 Å². The zero-order chi connectivity index (χ0) is 16.7. The number of carbonyl (C=O) groups excluding carboxylic acids is 1. The lowest BCUT2D eigenvalue weighted by molar-refractivity contribution is 0.0505. The van der Waals surface area contributed by atoms with Gasteiger partial charge in [0.05, 0.1) is 12.2 Å². The third-order valence-corrected chi connectivity index (χ3v) is 7.84. The first-order chi connectivity index (χ1) is 11.0. The normalized spacial score (nSPS) is 11.6. The summed E-state index contributed by atoms with van der Waals surface area (Å²) in [6.07, 6.45) is 3.59. The van der Waals surface area contributed by atoms with Gasteiger partial charge in [0.25, 0.3) is 0 Å². The Bertz CT molecular complexity index is 649. The molecule has 2 nitrogen and oxygen atoms in total. The average Bonchev–Trinajstić information content (AvgIpc) is 2.56. The predicted octanol–water partition coefficient (Wildman–Crippen LogP) is 5.90. The van der Waals surface area contributed by atoms with E-state index < -0.39 is 8.07 Å². The van der Waals surface area contributed by atoms with Crippen LogP contribution in [-0.4, -0.2) is 20.7 Å². The van der Waals surface area contributed by atoms with Gasteiger partial charge in [0, 0.05) is 8.07 Å². The van der Waals surface area contributed by atoms with Crippen LogP contribution in [-0.2, 0) is 4.74 Å². The number of carbonyl (C=O) groups is 1. The molecule has 0 spiro atoms. The molecule has 0 aromatic heterocycles. The lowest BCUT2D eigenvalue weighted by atomic mass is 10.1. The van der Waals surface area contributed by atoms with Gasteiger partial charge in [-0.2, -0.15) is 0 Å². The molecule has 2 rings (SSSR count). The van der Waals surface area contributed by atoms with Gasteiger partial charge in [0.15, 0.2) is 0 Å². The van der Waals surface area contributed by atoms with E-state index in [0.717, 1.165) is 17.2 Å². The first-order valence-electron chi connectivity index (χ1n) is 8.68. The van der Waals surface area contributed by atoms with E-state index in [1.54, 1.807) is 0 Å². The molecule has 0 aliphatic carbocycles. The van der Waals surface area contributed by atoms with Crippen molar-refractivity contribution < 1.29 is 9.53 Å². The quantitative estimate of drug-likeness (QED) is 0.343. The summed E-state index contributed by atoms with van der Waals surface area (Å²) in [7, 11) is -1.10. The standard InChI is InChI=1S/C20H28O2Si/c1-4-5-14-23(2,3)15-8-13-22-20(21)19-12-11-17-9-6-7-10-18(17)16-19/h6-7,9-12,16H,4-5,8,13-15H2,1-3H3. The van der Waals surface area contributed by atoms with Crippen LogP contribution in [0.15, 0.2) is 42.5 Å². The van der Waals surface area contributed by atoms with Crippen LogP contribution in [0.3, 0.4) is 0 Å². The molecule has 0 aliphatic heterocycles. The summed E-state index contributed by atoms with van der Waals surface area (Å²) < 4.78 is 5.46. The molecule has 23 heavy (non-hydrogen) atoms. The minimum atomic E-state index is -1.10. The van der Waals surface area contributed by atoms with Gasteiger partial charge in [-0.25, -0.2) is 4.79 Å². The Morgan fingerprint density at radius 1 is 1.00 bits per heavy atom. The van der Waals surface area contributed by atoms with Crippen LogP contribution in [0.5, 0.6) is 0 Å². The van der Waals surface area contributed by atoms with Crippen LogP contribution in [0.4, 0.5) is 0 Å². The van der Waals surface area contributed by atoms with Crippen molar-refractivity contribution in [2.24, 2.45) is 0 Å². The highest BCUT2D eigenvalue weighted by Gasteiger charge is 2.19. The van der Waals surface area contributed by atoms with Crippen LogP contribution in [0.2, 0.25) is 25.2 Å². The van der Waals surface area contributed by atoms with E-state index in [-0.39, 0.29) is 5.97 Å². The molecule has 124 valence electrons. The third-order valence-electron chi connectivity index (χ3n) is 4.42. The Labute approximate surface area is 140 Å². The van der Waals surface area contributed by atoms with E-state index in [9.17, 15) is 4.79 Å². The summed E-state index contributed by atoms with van der Waals surface area (Å²) in [5.74, 6) is -0.205. The fourth-order valence-electron chi connectivity index (χ4n) is 2.90. The second-order valence-corrected chi connectivity index (χ2v) is 12.4. The molecule has 0 fully saturated rings. The second-order valence-electron chi connectivity index (χ2n) is 7.07. The molecule has 0 atom stereocenters. The number of esters is 1. The average molecular weight is 329 g/mol. The molecule has 0 radical (unpaired) electrons. The van der Waals surface area contributed by atoms with E-state index >= 15 is 0 Å². The van der Waals surface area contributed by atoms with Crippen LogP contribution >= 0.6 is 0 Å². The topological polar surface area (TPSA) is 26.3 Å². The number of fused-ring (bicyclic) bond motifs is 1. The van der Waals surface area contributed by atoms with Gasteiger partial charge >= 0.3 is 5.97 Å². The molecule has 3 heteroatoms. The third kappa shape index (κ3) is 5.50. The maximum absolute atomic E-state index is 12.2. The molecule has 0 unspecified atom stereocenters. The molecular formula is C20H28O2Si. The smallest absolute Gasteiger partial charge is 0.338 e. The molecule has 0 heterocycles. The summed E-state index contributed by atoms with van der Waals surface area (Å²) >= 11 is 0. The van der Waals surface area contributed by atoms with Gasteiger partial charge in [0.1, 0.15) is 0 Å². The number of rotatable bonds is 8. The summed E-state index contributed by atoms with van der Waals surface area (Å²) in [6.45, 7) is 7.66. The van der Waals surface area contributed by atoms with E-state index in [0.29, 0.717) is 12.2 Å². The molecule has 0 aliphatic rings. The Balaban J connectivity index is 1.82. The van der Waals surface area contributed by atoms with Gasteiger partial charge in [-0.3, -0.25) is 0 Å². The van der Waals surface area contributed by atoms with E-state index in [4.69, 9.17) is 4.74 Å². The van der Waals surface area contributed by atoms with Crippen LogP contribution < -0.4 is 0 Å². The number of ether oxygens (including phenoxy) is 1. The SMILES string of the molecule is CCCC[Si](C)(C)CCCOC(=O)c1ccc2ccccc2c1. The molecule has 0 saturated carbocycles. The summed E-state index contributed by atoms with van der Waals surface area (Å²) in [5.41, 5.74) is 0.645. The monoisotopic (exact) mass is 328 g/mol. The summed E-state index contributed by atoms with van der Waals surface area (Å²) in [4.78, 5) is 12.2. The van der Waals surface area contributed by atoms with Crippen molar-refractivity contribution in [3.05, 3.63) is 48.0 Å². The Morgan fingerprint density at radius 2 is 1.70 bits per heavy atom. The zero-order valence-corrected chi connectivity index (χ0v) is 15.6. The zero-order valence-electron chi connectivity index (χ0n) is 14.6. The number of hydrogen-bond acceptors (Lipinski definition) is 2. The minimum absolute atomic E-state index is 0.205. The number of unbranched alkanes of at least 4 members (excludes halogenated alkanes) is 1. The molecule has 0 saturated heterocycles. The fraction of sp³-hybridized carbons (Fsp3) is 0.450. The lowest BCUT2D eigenvalue weighted by Crippen LogP contribution is -2.25. The molecule has 0 bridgehead atoms. The highest BCUT2D eigenvalue weighted by atomic mass is 28.3. The van der Waals surface area contributed by atoms with Crippen molar-refractivity contribution >= 4 is 24.8 Å². The van der Waals surface area contributed by atoms with Gasteiger partial charge in [0.2, 0.25) is 0 Å². The first-order valence-corrected chi connectivity index (χ1v) is 12.1. The van der Waals surface area contributed by atoms with E-state index in [2.05, 4.69) is 20.0 Å². The Kier molecular flexibility index (Phi) is 6.40. The van der Waals surface area contributed by atoms with Crippen molar-refractivity contribution in [1.29, 1.82) is 0 Å². The fourth-order valence-corrected chi connectivity index (χ4v) is 5.56. The van der Waals surface area contributed by atoms with E-state index in [1.165, 1.54) is 24.9 Å². The van der Waals surface area contributed by atoms with Crippen LogP contribution in [0.1, 0.15) is 36.5 Å². The molecule has 2 aromatic carbocycles. The number of hydrogen-bond donors (Lipinski definition) is 0. The maximum Gasteiger partial charge on any atom is 0.338 e. The number of benzene rings is 2. The summed E-state index contributed by atoms with van der Waals surface area (Å²) in [6, 6.07) is 16.4. The van der Waals surface area contributed by atoms with Gasteiger partial charge in [-0.05, 0) is 29.3 Å². The first kappa shape index (κ1) is 17.7. The highest BCUT2D eigenvalue weighted by molar-refractivity contribution is 6.77. The van der Waals surface area contributed by atoms with Crippen molar-refractivity contribution in [2.45, 2.75) is 51.4 Å². The van der Waals surface area contributed by atoms with Crippen molar-refractivity contribution in [3.8, 4) is 0 Å².